The van der Waals surface area contributed by atoms with Crippen LogP contribution in [0.5, 0.6) is 5.75 Å². The van der Waals surface area contributed by atoms with Crippen LogP contribution >= 0.6 is 15.9 Å². The third-order valence-corrected chi connectivity index (χ3v) is 1.99. The first-order chi connectivity index (χ1) is 7.20. The zero-order valence-corrected chi connectivity index (χ0v) is 8.82. The van der Waals surface area contributed by atoms with E-state index in [9.17, 15) is 26.7 Å². The fraction of sp³-hybridized carbons (Fsp3) is 0.286. The van der Waals surface area contributed by atoms with Crippen LogP contribution in [0.3, 0.4) is 0 Å². The minimum atomic E-state index is -5.12. The van der Waals surface area contributed by atoms with Crippen molar-refractivity contribution in [1.82, 2.24) is 4.98 Å². The standard InChI is InChI=1S/C7H3BrF5NO2/c8-5-4(16-7(11,12)13)2(6(9)10)1-3(15)14-5/h1,6H,(H,14,15). The van der Waals surface area contributed by atoms with E-state index in [-0.39, 0.29) is 0 Å². The van der Waals surface area contributed by atoms with Crippen LogP contribution in [0, 0.1) is 0 Å². The molecule has 1 aromatic rings. The van der Waals surface area contributed by atoms with Crippen molar-refractivity contribution in [1.29, 1.82) is 0 Å². The van der Waals surface area contributed by atoms with Gasteiger partial charge in [0, 0.05) is 6.07 Å². The number of aromatic amines is 1. The van der Waals surface area contributed by atoms with Crippen molar-refractivity contribution in [2.24, 2.45) is 0 Å². The molecule has 3 nitrogen and oxygen atoms in total. The normalized spacial score (nSPS) is 11.9. The maximum absolute atomic E-state index is 12.3. The number of hydrogen-bond donors (Lipinski definition) is 1. The Bertz CT molecular complexity index is 441. The summed E-state index contributed by atoms with van der Waals surface area (Å²) in [6, 6.07) is 0.344. The molecule has 0 aromatic carbocycles. The van der Waals surface area contributed by atoms with E-state index in [0.29, 0.717) is 6.07 Å². The van der Waals surface area contributed by atoms with Gasteiger partial charge in [-0.15, -0.1) is 13.2 Å². The molecule has 90 valence electrons. The summed E-state index contributed by atoms with van der Waals surface area (Å²) in [5.74, 6) is -1.15. The lowest BCUT2D eigenvalue weighted by Gasteiger charge is -2.13. The predicted molar refractivity (Wildman–Crippen MR) is 46.4 cm³/mol. The van der Waals surface area contributed by atoms with Crippen LogP contribution in [0.4, 0.5) is 22.0 Å². The molecule has 16 heavy (non-hydrogen) atoms. The topological polar surface area (TPSA) is 42.1 Å². The lowest BCUT2D eigenvalue weighted by Crippen LogP contribution is -2.20. The lowest BCUT2D eigenvalue weighted by atomic mass is 10.2. The highest BCUT2D eigenvalue weighted by molar-refractivity contribution is 9.10. The largest absolute Gasteiger partial charge is 0.573 e. The molecule has 1 rings (SSSR count). The number of halogens is 6. The second-order valence-electron chi connectivity index (χ2n) is 2.58. The van der Waals surface area contributed by atoms with E-state index < -0.39 is 34.3 Å². The lowest BCUT2D eigenvalue weighted by molar-refractivity contribution is -0.275. The Balaban J connectivity index is 3.30. The molecule has 1 aromatic heterocycles. The van der Waals surface area contributed by atoms with Gasteiger partial charge in [0.15, 0.2) is 5.75 Å². The van der Waals surface area contributed by atoms with Gasteiger partial charge in [-0.25, -0.2) is 8.78 Å². The van der Waals surface area contributed by atoms with Crippen molar-refractivity contribution in [2.45, 2.75) is 12.8 Å². The monoisotopic (exact) mass is 307 g/mol. The number of alkyl halides is 5. The molecule has 0 aliphatic rings. The zero-order chi connectivity index (χ0) is 12.5. The van der Waals surface area contributed by atoms with Gasteiger partial charge >= 0.3 is 6.36 Å². The highest BCUT2D eigenvalue weighted by atomic mass is 79.9. The maximum atomic E-state index is 12.3. The summed E-state index contributed by atoms with van der Waals surface area (Å²) in [4.78, 5) is 12.6. The van der Waals surface area contributed by atoms with Gasteiger partial charge in [0.1, 0.15) is 4.60 Å². The molecule has 0 bridgehead atoms. The van der Waals surface area contributed by atoms with E-state index in [1.54, 1.807) is 0 Å². The van der Waals surface area contributed by atoms with Crippen molar-refractivity contribution in [2.75, 3.05) is 0 Å². The van der Waals surface area contributed by atoms with Gasteiger partial charge in [0.2, 0.25) is 5.56 Å². The molecule has 0 amide bonds. The summed E-state index contributed by atoms with van der Waals surface area (Å²) in [5.41, 5.74) is -2.09. The molecule has 1 N–H and O–H groups in total. The van der Waals surface area contributed by atoms with E-state index >= 15 is 0 Å². The number of H-pyrrole nitrogens is 1. The van der Waals surface area contributed by atoms with Crippen LogP contribution in [-0.4, -0.2) is 11.3 Å². The smallest absolute Gasteiger partial charge is 0.402 e. The third-order valence-electron chi connectivity index (χ3n) is 1.43. The van der Waals surface area contributed by atoms with Gasteiger partial charge in [-0.05, 0) is 15.9 Å². The second-order valence-corrected chi connectivity index (χ2v) is 3.37. The van der Waals surface area contributed by atoms with E-state index in [4.69, 9.17) is 0 Å². The third kappa shape index (κ3) is 3.19. The number of pyridine rings is 1. The summed E-state index contributed by atoms with van der Waals surface area (Å²) >= 11 is 2.51. The molecule has 0 unspecified atom stereocenters. The van der Waals surface area contributed by atoms with Crippen LogP contribution in [0.25, 0.3) is 0 Å². The summed E-state index contributed by atoms with van der Waals surface area (Å²) in [7, 11) is 0. The van der Waals surface area contributed by atoms with Crippen molar-refractivity contribution < 1.29 is 26.7 Å². The van der Waals surface area contributed by atoms with Gasteiger partial charge in [0.25, 0.3) is 6.43 Å². The minimum absolute atomic E-state index is 0.344. The summed E-state index contributed by atoms with van der Waals surface area (Å²) < 4.78 is 63.1. The molecular weight excluding hydrogens is 305 g/mol. The fourth-order valence-electron chi connectivity index (χ4n) is 0.916. The van der Waals surface area contributed by atoms with Gasteiger partial charge in [-0.2, -0.15) is 0 Å². The van der Waals surface area contributed by atoms with E-state index in [0.717, 1.165) is 0 Å². The van der Waals surface area contributed by atoms with E-state index in [2.05, 4.69) is 20.7 Å². The first-order valence-corrected chi connectivity index (χ1v) is 4.46. The Morgan fingerprint density at radius 1 is 1.38 bits per heavy atom. The molecule has 0 spiro atoms. The highest BCUT2D eigenvalue weighted by Crippen LogP contribution is 2.36. The predicted octanol–water partition coefficient (Wildman–Crippen LogP) is 2.97. The molecule has 1 heterocycles. The molecule has 0 fully saturated rings. The SMILES string of the molecule is O=c1cc(C(F)F)c(OC(F)(F)F)c(Br)[nH]1. The Hall–Kier alpha value is -1.12. The molecule has 0 aliphatic carbocycles. The van der Waals surface area contributed by atoms with Crippen LogP contribution in [-0.2, 0) is 0 Å². The molecule has 0 saturated heterocycles. The number of hydrogen-bond acceptors (Lipinski definition) is 2. The first kappa shape index (κ1) is 12.9. The molecule has 0 aliphatic heterocycles. The van der Waals surface area contributed by atoms with E-state index in [1.807, 2.05) is 4.98 Å². The highest BCUT2D eigenvalue weighted by Gasteiger charge is 2.34. The fourth-order valence-corrected chi connectivity index (χ4v) is 1.42. The quantitative estimate of drug-likeness (QED) is 0.674. The number of nitrogens with one attached hydrogen (secondary N) is 1. The van der Waals surface area contributed by atoms with Crippen LogP contribution in [0.15, 0.2) is 15.5 Å². The van der Waals surface area contributed by atoms with Gasteiger partial charge in [-0.1, -0.05) is 0 Å². The van der Waals surface area contributed by atoms with Crippen LogP contribution in [0.2, 0.25) is 0 Å². The number of rotatable bonds is 2. The average molecular weight is 308 g/mol. The Labute approximate surface area is 93.4 Å². The average Bonchev–Trinajstić information content (AvgIpc) is 2.07. The molecule has 0 saturated carbocycles. The second kappa shape index (κ2) is 4.40. The van der Waals surface area contributed by atoms with Gasteiger partial charge in [0.05, 0.1) is 5.56 Å². The summed E-state index contributed by atoms with van der Waals surface area (Å²) in [6.45, 7) is 0. The Morgan fingerprint density at radius 2 is 1.94 bits per heavy atom. The zero-order valence-electron chi connectivity index (χ0n) is 7.24. The molecular formula is C7H3BrF5NO2. The van der Waals surface area contributed by atoms with Crippen molar-refractivity contribution in [3.63, 3.8) is 0 Å². The Kier molecular flexibility index (Phi) is 3.56. The Morgan fingerprint density at radius 3 is 2.38 bits per heavy atom. The summed E-state index contributed by atoms with van der Waals surface area (Å²) in [6.07, 6.45) is -8.37. The van der Waals surface area contributed by atoms with Crippen molar-refractivity contribution >= 4 is 15.9 Å². The summed E-state index contributed by atoms with van der Waals surface area (Å²) in [5, 5.41) is 0. The molecule has 0 atom stereocenters. The maximum Gasteiger partial charge on any atom is 0.573 e. The number of ether oxygens (including phenoxy) is 1. The van der Waals surface area contributed by atoms with Crippen molar-refractivity contribution in [3.8, 4) is 5.75 Å². The minimum Gasteiger partial charge on any atom is -0.402 e. The van der Waals surface area contributed by atoms with Crippen LogP contribution in [0.1, 0.15) is 12.0 Å². The molecule has 9 heteroatoms. The van der Waals surface area contributed by atoms with Crippen LogP contribution < -0.4 is 10.3 Å². The van der Waals surface area contributed by atoms with Gasteiger partial charge < -0.3 is 9.72 Å². The van der Waals surface area contributed by atoms with Gasteiger partial charge in [-0.3, -0.25) is 4.79 Å². The molecule has 0 radical (unpaired) electrons. The van der Waals surface area contributed by atoms with E-state index in [1.165, 1.54) is 0 Å². The van der Waals surface area contributed by atoms with Crippen molar-refractivity contribution in [3.05, 3.63) is 26.6 Å². The first-order valence-electron chi connectivity index (χ1n) is 3.67. The number of aromatic nitrogens is 1.